The molecule has 0 aromatic heterocycles. The second kappa shape index (κ2) is 11.8. The third kappa shape index (κ3) is 8.02. The normalized spacial score (nSPS) is 11.0. The molecule has 4 aromatic carbocycles. The average molecular weight is 514 g/mol. The van der Waals surface area contributed by atoms with Crippen LogP contribution in [0, 0.1) is 0 Å². The van der Waals surface area contributed by atoms with Crippen molar-refractivity contribution in [1.82, 2.24) is 5.32 Å². The molecule has 0 radical (unpaired) electrons. The maximum atomic E-state index is 11.9. The van der Waals surface area contributed by atoms with Crippen LogP contribution in [0.2, 0.25) is 5.02 Å². The van der Waals surface area contributed by atoms with E-state index in [1.165, 1.54) is 16.7 Å². The van der Waals surface area contributed by atoms with Crippen molar-refractivity contribution in [1.29, 1.82) is 0 Å². The molecule has 0 atom stereocenters. The van der Waals surface area contributed by atoms with E-state index < -0.39 is 11.7 Å². The number of rotatable bonds is 8. The topological polar surface area (TPSA) is 62.4 Å². The van der Waals surface area contributed by atoms with Gasteiger partial charge < -0.3 is 20.7 Å². The number of hydrogen-bond donors (Lipinski definition) is 3. The van der Waals surface area contributed by atoms with Crippen molar-refractivity contribution >= 4 is 34.8 Å². The third-order valence-electron chi connectivity index (χ3n) is 5.59. The standard InChI is InChI=1S/C31H32ClN3O2/c1-31(2,3)37-30(36)34-21-23-11-16-27(17-12-23)35-29-19-26(32)15-18-28(29)33-20-22-9-13-25(14-10-22)24-7-5-4-6-8-24/h4-19,33,35H,20-21H2,1-3H3,(H,34,36). The molecule has 190 valence electrons. The predicted molar refractivity (Wildman–Crippen MR) is 153 cm³/mol. The average Bonchev–Trinajstić information content (AvgIpc) is 2.88. The van der Waals surface area contributed by atoms with Gasteiger partial charge >= 0.3 is 6.09 Å². The summed E-state index contributed by atoms with van der Waals surface area (Å²) in [7, 11) is 0. The molecular weight excluding hydrogens is 482 g/mol. The van der Waals surface area contributed by atoms with Gasteiger partial charge in [0.05, 0.1) is 11.4 Å². The minimum Gasteiger partial charge on any atom is -0.444 e. The van der Waals surface area contributed by atoms with E-state index in [0.29, 0.717) is 18.1 Å². The van der Waals surface area contributed by atoms with E-state index in [0.717, 1.165) is 22.6 Å². The van der Waals surface area contributed by atoms with Crippen LogP contribution < -0.4 is 16.0 Å². The lowest BCUT2D eigenvalue weighted by molar-refractivity contribution is 0.0523. The molecule has 0 fully saturated rings. The molecule has 0 bridgehead atoms. The van der Waals surface area contributed by atoms with Crippen LogP contribution in [0.5, 0.6) is 0 Å². The predicted octanol–water partition coefficient (Wildman–Crippen LogP) is 8.39. The molecule has 3 N–H and O–H groups in total. The summed E-state index contributed by atoms with van der Waals surface area (Å²) in [5, 5.41) is 10.4. The van der Waals surface area contributed by atoms with Crippen molar-refractivity contribution < 1.29 is 9.53 Å². The SMILES string of the molecule is CC(C)(C)OC(=O)NCc1ccc(Nc2cc(Cl)ccc2NCc2ccc(-c3ccccc3)cc2)cc1. The van der Waals surface area contributed by atoms with Gasteiger partial charge in [0.2, 0.25) is 0 Å². The molecule has 37 heavy (non-hydrogen) atoms. The largest absolute Gasteiger partial charge is 0.444 e. The number of ether oxygens (including phenoxy) is 1. The van der Waals surface area contributed by atoms with E-state index in [1.807, 2.05) is 81.4 Å². The minimum absolute atomic E-state index is 0.391. The Balaban J connectivity index is 1.37. The molecule has 6 heteroatoms. The van der Waals surface area contributed by atoms with Crippen molar-refractivity contribution in [3.8, 4) is 11.1 Å². The molecule has 0 unspecified atom stereocenters. The third-order valence-corrected chi connectivity index (χ3v) is 5.83. The van der Waals surface area contributed by atoms with Crippen molar-refractivity contribution in [3.63, 3.8) is 0 Å². The first-order valence-corrected chi connectivity index (χ1v) is 12.6. The monoisotopic (exact) mass is 513 g/mol. The first-order chi connectivity index (χ1) is 17.7. The molecule has 0 saturated heterocycles. The number of halogens is 1. The van der Waals surface area contributed by atoms with Crippen molar-refractivity contribution in [3.05, 3.63) is 113 Å². The van der Waals surface area contributed by atoms with Gasteiger partial charge in [-0.05, 0) is 73.4 Å². The van der Waals surface area contributed by atoms with Crippen LogP contribution in [0.25, 0.3) is 11.1 Å². The number of alkyl carbamates (subject to hydrolysis) is 1. The summed E-state index contributed by atoms with van der Waals surface area (Å²) in [6.45, 7) is 6.59. The van der Waals surface area contributed by atoms with E-state index in [9.17, 15) is 4.79 Å². The molecule has 0 heterocycles. The first-order valence-electron chi connectivity index (χ1n) is 12.3. The van der Waals surface area contributed by atoms with Crippen molar-refractivity contribution in [2.24, 2.45) is 0 Å². The Labute approximate surface area is 223 Å². The van der Waals surface area contributed by atoms with Crippen molar-refractivity contribution in [2.45, 2.75) is 39.5 Å². The zero-order valence-electron chi connectivity index (χ0n) is 21.3. The van der Waals surface area contributed by atoms with E-state index in [4.69, 9.17) is 16.3 Å². The number of benzene rings is 4. The van der Waals surface area contributed by atoms with Gasteiger partial charge in [0, 0.05) is 23.8 Å². The number of hydrogen-bond acceptors (Lipinski definition) is 4. The lowest BCUT2D eigenvalue weighted by atomic mass is 10.0. The van der Waals surface area contributed by atoms with E-state index in [1.54, 1.807) is 0 Å². The lowest BCUT2D eigenvalue weighted by Crippen LogP contribution is -2.32. The van der Waals surface area contributed by atoms with Crippen LogP contribution in [-0.2, 0) is 17.8 Å². The second-order valence-corrected chi connectivity index (χ2v) is 10.2. The molecule has 0 aliphatic carbocycles. The van der Waals surface area contributed by atoms with Crippen LogP contribution in [0.15, 0.2) is 97.1 Å². The molecule has 1 amide bonds. The van der Waals surface area contributed by atoms with Crippen LogP contribution in [0.1, 0.15) is 31.9 Å². The summed E-state index contributed by atoms with van der Waals surface area (Å²) in [6, 6.07) is 32.5. The summed E-state index contributed by atoms with van der Waals surface area (Å²) >= 11 is 6.30. The summed E-state index contributed by atoms with van der Waals surface area (Å²) in [6.07, 6.45) is -0.431. The summed E-state index contributed by atoms with van der Waals surface area (Å²) in [5.74, 6) is 0. The summed E-state index contributed by atoms with van der Waals surface area (Å²) in [5.41, 5.74) is 6.79. The Kier molecular flexibility index (Phi) is 8.36. The Morgan fingerprint density at radius 3 is 2.05 bits per heavy atom. The van der Waals surface area contributed by atoms with Gasteiger partial charge in [-0.3, -0.25) is 0 Å². The molecule has 0 aliphatic rings. The number of carbonyl (C=O) groups is 1. The maximum Gasteiger partial charge on any atom is 0.407 e. The van der Waals surface area contributed by atoms with Gasteiger partial charge in [-0.2, -0.15) is 0 Å². The van der Waals surface area contributed by atoms with Gasteiger partial charge in [0.1, 0.15) is 5.60 Å². The van der Waals surface area contributed by atoms with Gasteiger partial charge in [-0.1, -0.05) is 78.3 Å². The number of amides is 1. The molecule has 4 aromatic rings. The van der Waals surface area contributed by atoms with Gasteiger partial charge in [0.15, 0.2) is 0 Å². The van der Waals surface area contributed by atoms with Crippen LogP contribution in [-0.4, -0.2) is 11.7 Å². The minimum atomic E-state index is -0.522. The second-order valence-electron chi connectivity index (χ2n) is 9.78. The Morgan fingerprint density at radius 2 is 1.38 bits per heavy atom. The van der Waals surface area contributed by atoms with E-state index >= 15 is 0 Å². The van der Waals surface area contributed by atoms with Gasteiger partial charge in [0.25, 0.3) is 0 Å². The van der Waals surface area contributed by atoms with E-state index in [2.05, 4.69) is 52.3 Å². The number of carbonyl (C=O) groups excluding carboxylic acids is 1. The van der Waals surface area contributed by atoms with Crippen molar-refractivity contribution in [2.75, 3.05) is 10.6 Å². The Hall–Kier alpha value is -3.96. The molecule has 4 rings (SSSR count). The van der Waals surface area contributed by atoms with Gasteiger partial charge in [-0.25, -0.2) is 4.79 Å². The molecule has 0 aliphatic heterocycles. The highest BCUT2D eigenvalue weighted by molar-refractivity contribution is 6.31. The molecule has 0 spiro atoms. The fraction of sp³-hybridized carbons (Fsp3) is 0.194. The summed E-state index contributed by atoms with van der Waals surface area (Å²) < 4.78 is 5.29. The zero-order chi connectivity index (χ0) is 26.3. The van der Waals surface area contributed by atoms with Gasteiger partial charge in [-0.15, -0.1) is 0 Å². The zero-order valence-corrected chi connectivity index (χ0v) is 22.1. The Bertz CT molecular complexity index is 1320. The highest BCUT2D eigenvalue weighted by atomic mass is 35.5. The molecular formula is C31H32ClN3O2. The van der Waals surface area contributed by atoms with Crippen LogP contribution >= 0.6 is 11.6 Å². The smallest absolute Gasteiger partial charge is 0.407 e. The quantitative estimate of drug-likeness (QED) is 0.221. The molecule has 0 saturated carbocycles. The van der Waals surface area contributed by atoms with E-state index in [-0.39, 0.29) is 0 Å². The number of nitrogens with one attached hydrogen (secondary N) is 3. The first kappa shape index (κ1) is 26.1. The maximum absolute atomic E-state index is 11.9. The lowest BCUT2D eigenvalue weighted by Gasteiger charge is -2.19. The fourth-order valence-electron chi connectivity index (χ4n) is 3.77. The fourth-order valence-corrected chi connectivity index (χ4v) is 3.94. The van der Waals surface area contributed by atoms with Crippen LogP contribution in [0.4, 0.5) is 21.9 Å². The highest BCUT2D eigenvalue weighted by Gasteiger charge is 2.15. The summed E-state index contributed by atoms with van der Waals surface area (Å²) in [4.78, 5) is 11.9. The number of anilines is 3. The molecule has 5 nitrogen and oxygen atoms in total. The van der Waals surface area contributed by atoms with Crippen LogP contribution in [0.3, 0.4) is 0 Å². The Morgan fingerprint density at radius 1 is 0.757 bits per heavy atom. The highest BCUT2D eigenvalue weighted by Crippen LogP contribution is 2.30.